The molecule has 14 heavy (non-hydrogen) atoms. The van der Waals surface area contributed by atoms with Gasteiger partial charge in [-0.15, -0.1) is 0 Å². The summed E-state index contributed by atoms with van der Waals surface area (Å²) in [5, 5.41) is 0. The minimum Gasteiger partial charge on any atom is -0.211 e. The van der Waals surface area contributed by atoms with E-state index >= 15 is 0 Å². The predicted octanol–water partition coefficient (Wildman–Crippen LogP) is 2.92. The van der Waals surface area contributed by atoms with Crippen LogP contribution in [0.5, 0.6) is 0 Å². The third kappa shape index (κ3) is 2.06. The Kier molecular flexibility index (Phi) is 3.55. The fourth-order valence-electron chi connectivity index (χ4n) is 1.37. The van der Waals surface area contributed by atoms with Gasteiger partial charge in [-0.2, -0.15) is 4.99 Å². The fraction of sp³-hybridized carbons (Fsp3) is 0.364. The van der Waals surface area contributed by atoms with E-state index in [1.165, 1.54) is 6.08 Å². The Balaban J connectivity index is 3.16. The van der Waals surface area contributed by atoms with Gasteiger partial charge in [0.2, 0.25) is 6.08 Å². The summed E-state index contributed by atoms with van der Waals surface area (Å²) in [4.78, 5) is 13.7. The Morgan fingerprint density at radius 2 is 2.29 bits per heavy atom. The Morgan fingerprint density at radius 1 is 1.57 bits per heavy atom. The first-order valence-electron chi connectivity index (χ1n) is 4.52. The lowest BCUT2D eigenvalue weighted by Crippen LogP contribution is -1.99. The zero-order chi connectivity index (χ0) is 10.6. The molecular formula is C11H12FNO. The van der Waals surface area contributed by atoms with E-state index in [-0.39, 0.29) is 5.82 Å². The van der Waals surface area contributed by atoms with Crippen molar-refractivity contribution in [2.45, 2.75) is 26.3 Å². The molecule has 0 aliphatic rings. The molecule has 1 rings (SSSR count). The molecule has 0 aliphatic carbocycles. The third-order valence-electron chi connectivity index (χ3n) is 2.18. The quantitative estimate of drug-likeness (QED) is 0.536. The van der Waals surface area contributed by atoms with Crippen molar-refractivity contribution in [2.75, 3.05) is 0 Å². The van der Waals surface area contributed by atoms with Crippen LogP contribution in [0.2, 0.25) is 0 Å². The van der Waals surface area contributed by atoms with Crippen molar-refractivity contribution in [2.24, 2.45) is 4.99 Å². The first kappa shape index (κ1) is 10.6. The van der Waals surface area contributed by atoms with Crippen molar-refractivity contribution in [1.82, 2.24) is 0 Å². The summed E-state index contributed by atoms with van der Waals surface area (Å²) in [5.74, 6) is -0.279. The Hall–Kier alpha value is -1.47. The maximum absolute atomic E-state index is 13.6. The lowest BCUT2D eigenvalue weighted by molar-refractivity contribution is 0.545. The van der Waals surface area contributed by atoms with Crippen LogP contribution in [0.3, 0.4) is 0 Å². The van der Waals surface area contributed by atoms with Crippen molar-refractivity contribution in [3.63, 3.8) is 0 Å². The zero-order valence-electron chi connectivity index (χ0n) is 8.25. The number of hydrogen-bond donors (Lipinski definition) is 0. The van der Waals surface area contributed by atoms with Gasteiger partial charge in [-0.25, -0.2) is 9.18 Å². The normalized spacial score (nSPS) is 11.9. The highest BCUT2D eigenvalue weighted by atomic mass is 19.1. The van der Waals surface area contributed by atoms with Crippen LogP contribution < -0.4 is 0 Å². The molecule has 1 atom stereocenters. The Morgan fingerprint density at radius 3 is 2.86 bits per heavy atom. The van der Waals surface area contributed by atoms with Gasteiger partial charge in [-0.3, -0.25) is 0 Å². The van der Waals surface area contributed by atoms with Gasteiger partial charge in [0, 0.05) is 5.56 Å². The van der Waals surface area contributed by atoms with Gasteiger partial charge >= 0.3 is 0 Å². The summed E-state index contributed by atoms with van der Waals surface area (Å²) < 4.78 is 13.6. The van der Waals surface area contributed by atoms with E-state index in [2.05, 4.69) is 4.99 Å². The molecule has 1 aromatic rings. The molecular weight excluding hydrogens is 181 g/mol. The average Bonchev–Trinajstić information content (AvgIpc) is 2.19. The second kappa shape index (κ2) is 4.68. The van der Waals surface area contributed by atoms with E-state index in [4.69, 9.17) is 0 Å². The van der Waals surface area contributed by atoms with Gasteiger partial charge in [0.1, 0.15) is 5.82 Å². The maximum Gasteiger partial charge on any atom is 0.235 e. The number of nitrogens with zero attached hydrogens (tertiary/aromatic N) is 1. The highest BCUT2D eigenvalue weighted by Crippen LogP contribution is 2.24. The maximum atomic E-state index is 13.6. The number of hydrogen-bond acceptors (Lipinski definition) is 2. The minimum atomic E-state index is -0.410. The van der Waals surface area contributed by atoms with Gasteiger partial charge in [-0.1, -0.05) is 25.1 Å². The van der Waals surface area contributed by atoms with Crippen molar-refractivity contribution in [3.8, 4) is 0 Å². The summed E-state index contributed by atoms with van der Waals surface area (Å²) in [5.41, 5.74) is 1.04. The fourth-order valence-corrected chi connectivity index (χ4v) is 1.37. The molecule has 0 unspecified atom stereocenters. The molecule has 74 valence electrons. The van der Waals surface area contributed by atoms with Gasteiger partial charge in [0.25, 0.3) is 0 Å². The largest absolute Gasteiger partial charge is 0.235 e. The second-order valence-corrected chi connectivity index (χ2v) is 3.12. The van der Waals surface area contributed by atoms with Crippen molar-refractivity contribution < 1.29 is 9.18 Å². The van der Waals surface area contributed by atoms with Crippen molar-refractivity contribution >= 4 is 6.08 Å². The Bertz CT molecular complexity index is 370. The van der Waals surface area contributed by atoms with Crippen LogP contribution >= 0.6 is 0 Å². The third-order valence-corrected chi connectivity index (χ3v) is 2.18. The molecule has 3 heteroatoms. The van der Waals surface area contributed by atoms with E-state index in [0.717, 1.165) is 0 Å². The second-order valence-electron chi connectivity index (χ2n) is 3.12. The van der Waals surface area contributed by atoms with Crippen LogP contribution in [0.15, 0.2) is 23.2 Å². The lowest BCUT2D eigenvalue weighted by atomic mass is 10.0. The van der Waals surface area contributed by atoms with E-state index in [1.807, 2.05) is 6.92 Å². The topological polar surface area (TPSA) is 29.4 Å². The number of benzene rings is 1. The van der Waals surface area contributed by atoms with Crippen LogP contribution in [0.1, 0.15) is 30.5 Å². The van der Waals surface area contributed by atoms with E-state index in [9.17, 15) is 9.18 Å². The molecule has 0 heterocycles. The number of aryl methyl sites for hydroxylation is 1. The Labute approximate surface area is 82.5 Å². The van der Waals surface area contributed by atoms with Gasteiger partial charge in [-0.05, 0) is 18.9 Å². The number of carbonyl (C=O) groups excluding carboxylic acids is 1. The highest BCUT2D eigenvalue weighted by molar-refractivity contribution is 5.36. The molecule has 0 saturated heterocycles. The van der Waals surface area contributed by atoms with Crippen LogP contribution in [0.25, 0.3) is 0 Å². The lowest BCUT2D eigenvalue weighted by Gasteiger charge is -2.10. The molecule has 0 bridgehead atoms. The molecule has 0 amide bonds. The molecule has 0 radical (unpaired) electrons. The SMILES string of the molecule is CC[C@@H](N=C=O)c1cccc(C)c1F. The summed E-state index contributed by atoms with van der Waals surface area (Å²) in [6.45, 7) is 3.55. The summed E-state index contributed by atoms with van der Waals surface area (Å²) in [6, 6.07) is 4.69. The van der Waals surface area contributed by atoms with E-state index in [0.29, 0.717) is 17.5 Å². The molecule has 0 aromatic heterocycles. The number of rotatable bonds is 3. The molecule has 0 saturated carbocycles. The van der Waals surface area contributed by atoms with Crippen LogP contribution in [-0.2, 0) is 4.79 Å². The van der Waals surface area contributed by atoms with E-state index < -0.39 is 6.04 Å². The molecule has 2 nitrogen and oxygen atoms in total. The smallest absolute Gasteiger partial charge is 0.211 e. The standard InChI is InChI=1S/C11H12FNO/c1-3-10(13-7-14)9-6-4-5-8(2)11(9)12/h4-6,10H,3H2,1-2H3/t10-/m1/s1. The molecule has 0 spiro atoms. The van der Waals surface area contributed by atoms with Crippen LogP contribution in [0, 0.1) is 12.7 Å². The number of isocyanates is 1. The van der Waals surface area contributed by atoms with Gasteiger partial charge in [0.05, 0.1) is 6.04 Å². The van der Waals surface area contributed by atoms with Crippen LogP contribution in [-0.4, -0.2) is 6.08 Å². The molecule has 0 fully saturated rings. The zero-order valence-corrected chi connectivity index (χ0v) is 8.25. The van der Waals surface area contributed by atoms with E-state index in [1.54, 1.807) is 25.1 Å². The minimum absolute atomic E-state index is 0.279. The average molecular weight is 193 g/mol. The summed E-state index contributed by atoms with van der Waals surface area (Å²) >= 11 is 0. The molecule has 1 aromatic carbocycles. The molecule has 0 N–H and O–H groups in total. The summed E-state index contributed by atoms with van der Waals surface area (Å²) in [7, 11) is 0. The first-order chi connectivity index (χ1) is 6.70. The summed E-state index contributed by atoms with van der Waals surface area (Å²) in [6.07, 6.45) is 2.07. The monoisotopic (exact) mass is 193 g/mol. The van der Waals surface area contributed by atoms with Crippen molar-refractivity contribution in [1.29, 1.82) is 0 Å². The van der Waals surface area contributed by atoms with Gasteiger partial charge in [0.15, 0.2) is 0 Å². The van der Waals surface area contributed by atoms with Crippen molar-refractivity contribution in [3.05, 3.63) is 35.1 Å². The number of aliphatic imine (C=N–C) groups is 1. The molecule has 0 aliphatic heterocycles. The first-order valence-corrected chi connectivity index (χ1v) is 4.52. The number of halogens is 1. The van der Waals surface area contributed by atoms with Crippen LogP contribution in [0.4, 0.5) is 4.39 Å². The predicted molar refractivity (Wildman–Crippen MR) is 52.3 cm³/mol. The van der Waals surface area contributed by atoms with Gasteiger partial charge < -0.3 is 0 Å². The highest BCUT2D eigenvalue weighted by Gasteiger charge is 2.13.